The van der Waals surface area contributed by atoms with E-state index in [1.165, 1.54) is 12.1 Å². The van der Waals surface area contributed by atoms with Crippen LogP contribution in [0.5, 0.6) is 0 Å². The molecule has 1 saturated heterocycles. The van der Waals surface area contributed by atoms with Gasteiger partial charge in [0.25, 0.3) is 11.8 Å². The van der Waals surface area contributed by atoms with Crippen molar-refractivity contribution in [1.82, 2.24) is 14.9 Å². The lowest BCUT2D eigenvalue weighted by molar-refractivity contribution is -0.170. The van der Waals surface area contributed by atoms with Gasteiger partial charge in [-0.1, -0.05) is 50.2 Å². The highest BCUT2D eigenvalue weighted by Crippen LogP contribution is 2.41. The van der Waals surface area contributed by atoms with E-state index in [2.05, 4.69) is 0 Å². The zero-order chi connectivity index (χ0) is 26.7. The Morgan fingerprint density at radius 1 is 1.05 bits per heavy atom. The van der Waals surface area contributed by atoms with Crippen LogP contribution in [0.25, 0.3) is 0 Å². The Morgan fingerprint density at radius 3 is 2.46 bits per heavy atom. The molecule has 8 nitrogen and oxygen atoms in total. The molecule has 0 aromatic heterocycles. The van der Waals surface area contributed by atoms with Crippen LogP contribution in [0, 0.1) is 17.2 Å². The lowest BCUT2D eigenvalue weighted by atomic mass is 9.75. The molecule has 1 N–H and O–H groups in total. The van der Waals surface area contributed by atoms with Gasteiger partial charge in [-0.05, 0) is 42.9 Å². The van der Waals surface area contributed by atoms with E-state index >= 15 is 0 Å². The summed E-state index contributed by atoms with van der Waals surface area (Å²) in [6.45, 7) is 4.44. The summed E-state index contributed by atoms with van der Waals surface area (Å²) in [5, 5.41) is 10.9. The lowest BCUT2D eigenvalue weighted by Crippen LogP contribution is -2.43. The number of hydrogen-bond donors (Lipinski definition) is 1. The van der Waals surface area contributed by atoms with Crippen LogP contribution < -0.4 is 0 Å². The summed E-state index contributed by atoms with van der Waals surface area (Å²) in [7, 11) is 0. The van der Waals surface area contributed by atoms with Gasteiger partial charge in [0.05, 0.1) is 23.1 Å². The van der Waals surface area contributed by atoms with Crippen molar-refractivity contribution < 1.29 is 28.8 Å². The van der Waals surface area contributed by atoms with Crippen LogP contribution in [0.3, 0.4) is 0 Å². The molecule has 1 atom stereocenters. The molecule has 2 aromatic rings. The number of imide groups is 1. The van der Waals surface area contributed by atoms with Gasteiger partial charge in [0.1, 0.15) is 5.82 Å². The molecule has 196 valence electrons. The number of amides is 4. The van der Waals surface area contributed by atoms with Gasteiger partial charge in [-0.15, -0.1) is 0 Å². The highest BCUT2D eigenvalue weighted by atomic mass is 19.1. The quantitative estimate of drug-likeness (QED) is 0.300. The van der Waals surface area contributed by atoms with Gasteiger partial charge in [-0.25, -0.2) is 9.45 Å². The monoisotopic (exact) mass is 509 g/mol. The second kappa shape index (κ2) is 10.8. The third-order valence-electron chi connectivity index (χ3n) is 7.17. The molecular weight excluding hydrogens is 477 g/mol. The number of carbonyl (C=O) groups is 4. The average Bonchev–Trinajstić information content (AvgIpc) is 3.29. The van der Waals surface area contributed by atoms with E-state index in [-0.39, 0.29) is 42.5 Å². The molecular formula is C28H32FN3O5. The maximum Gasteiger partial charge on any atom is 0.264 e. The summed E-state index contributed by atoms with van der Waals surface area (Å²) in [6.07, 6.45) is 1.56. The van der Waals surface area contributed by atoms with Crippen LogP contribution in [0.4, 0.5) is 4.39 Å². The van der Waals surface area contributed by atoms with Gasteiger partial charge in [-0.2, -0.15) is 0 Å². The topological polar surface area (TPSA) is 98.2 Å². The van der Waals surface area contributed by atoms with E-state index in [4.69, 9.17) is 0 Å². The van der Waals surface area contributed by atoms with Crippen LogP contribution >= 0.6 is 0 Å². The summed E-state index contributed by atoms with van der Waals surface area (Å²) in [4.78, 5) is 54.2. The van der Waals surface area contributed by atoms with E-state index in [0.29, 0.717) is 37.4 Å². The molecule has 2 aliphatic heterocycles. The summed E-state index contributed by atoms with van der Waals surface area (Å²) >= 11 is 0. The van der Waals surface area contributed by atoms with E-state index in [1.807, 2.05) is 44.2 Å². The summed E-state index contributed by atoms with van der Waals surface area (Å²) in [6, 6.07) is 13.7. The Labute approximate surface area is 215 Å². The van der Waals surface area contributed by atoms with Gasteiger partial charge in [-0.3, -0.25) is 29.3 Å². The maximum atomic E-state index is 14.1. The van der Waals surface area contributed by atoms with Crippen LogP contribution in [0.2, 0.25) is 0 Å². The zero-order valence-electron chi connectivity index (χ0n) is 21.2. The van der Waals surface area contributed by atoms with Gasteiger partial charge in [0, 0.05) is 26.1 Å². The van der Waals surface area contributed by atoms with E-state index in [1.54, 1.807) is 4.90 Å². The molecule has 0 spiro atoms. The molecule has 0 radical (unpaired) electrons. The molecule has 4 amide bonds. The summed E-state index contributed by atoms with van der Waals surface area (Å²) in [5.41, 5.74) is -0.126. The Morgan fingerprint density at radius 2 is 1.78 bits per heavy atom. The predicted octanol–water partition coefficient (Wildman–Crippen LogP) is 3.54. The molecule has 0 aliphatic carbocycles. The molecule has 1 fully saturated rings. The summed E-state index contributed by atoms with van der Waals surface area (Å²) in [5.74, 6) is -2.84. The van der Waals surface area contributed by atoms with Crippen LogP contribution in [-0.2, 0) is 16.0 Å². The molecule has 2 aromatic carbocycles. The Balaban J connectivity index is 1.38. The van der Waals surface area contributed by atoms with Crippen molar-refractivity contribution in [2.24, 2.45) is 11.3 Å². The fraction of sp³-hybridized carbons (Fsp3) is 0.429. The number of fused-ring (bicyclic) bond motifs is 1. The van der Waals surface area contributed by atoms with Crippen LogP contribution in [0.1, 0.15) is 59.4 Å². The number of rotatable bonds is 10. The first-order chi connectivity index (χ1) is 17.6. The minimum absolute atomic E-state index is 0.0381. The normalized spacial score (nSPS) is 19.2. The standard InChI is InChI=1S/C28H32FN3O5/c1-19(2)17-28(12-14-30(27(28)36)13-11-20-7-4-3-5-8-20)18-23(33)32(37)16-15-31-25(34)21-9-6-10-22(29)24(21)26(31)35/h3-10,19,37H,11-18H2,1-2H3. The lowest BCUT2D eigenvalue weighted by Gasteiger charge is -2.30. The minimum Gasteiger partial charge on any atom is -0.342 e. The fourth-order valence-corrected chi connectivity index (χ4v) is 5.42. The fourth-order valence-electron chi connectivity index (χ4n) is 5.42. The third-order valence-corrected chi connectivity index (χ3v) is 7.17. The highest BCUT2D eigenvalue weighted by Gasteiger charge is 2.48. The molecule has 0 bridgehead atoms. The first kappa shape index (κ1) is 26.5. The SMILES string of the molecule is CC(C)CC1(CC(=O)N(O)CCN2C(=O)c3cccc(F)c3C2=O)CCN(CCc2ccccc2)C1=O. The Kier molecular flexibility index (Phi) is 7.73. The Hall–Kier alpha value is -3.59. The van der Waals surface area contributed by atoms with Crippen molar-refractivity contribution in [2.45, 2.75) is 39.5 Å². The summed E-state index contributed by atoms with van der Waals surface area (Å²) < 4.78 is 14.1. The van der Waals surface area contributed by atoms with Crippen molar-refractivity contribution in [3.8, 4) is 0 Å². The molecule has 2 heterocycles. The van der Waals surface area contributed by atoms with Crippen molar-refractivity contribution in [1.29, 1.82) is 0 Å². The number of hydrogen-bond acceptors (Lipinski definition) is 5. The number of likely N-dealkylation sites (tertiary alicyclic amines) is 1. The van der Waals surface area contributed by atoms with Crippen molar-refractivity contribution in [2.75, 3.05) is 26.2 Å². The molecule has 1 unspecified atom stereocenters. The predicted molar refractivity (Wildman–Crippen MR) is 133 cm³/mol. The first-order valence-electron chi connectivity index (χ1n) is 12.6. The van der Waals surface area contributed by atoms with Gasteiger partial charge in [0.15, 0.2) is 0 Å². The van der Waals surface area contributed by atoms with Crippen molar-refractivity contribution in [3.05, 3.63) is 71.0 Å². The smallest absolute Gasteiger partial charge is 0.264 e. The molecule has 4 rings (SSSR count). The van der Waals surface area contributed by atoms with E-state index in [0.717, 1.165) is 16.5 Å². The number of carbonyl (C=O) groups excluding carboxylic acids is 4. The first-order valence-corrected chi connectivity index (χ1v) is 12.6. The average molecular weight is 510 g/mol. The number of hydroxylamine groups is 2. The zero-order valence-corrected chi connectivity index (χ0v) is 21.2. The molecule has 2 aliphatic rings. The van der Waals surface area contributed by atoms with Gasteiger partial charge in [0.2, 0.25) is 11.8 Å². The van der Waals surface area contributed by atoms with E-state index in [9.17, 15) is 28.8 Å². The number of halogens is 1. The van der Waals surface area contributed by atoms with Crippen molar-refractivity contribution >= 4 is 23.6 Å². The maximum absolute atomic E-state index is 14.1. The van der Waals surface area contributed by atoms with Gasteiger partial charge < -0.3 is 4.90 Å². The number of benzene rings is 2. The Bertz CT molecular complexity index is 1200. The second-order valence-electron chi connectivity index (χ2n) is 10.3. The third kappa shape index (κ3) is 5.41. The highest BCUT2D eigenvalue weighted by molar-refractivity contribution is 6.21. The van der Waals surface area contributed by atoms with Crippen molar-refractivity contribution in [3.63, 3.8) is 0 Å². The largest absolute Gasteiger partial charge is 0.342 e. The number of nitrogens with zero attached hydrogens (tertiary/aromatic N) is 3. The minimum atomic E-state index is -0.915. The molecule has 37 heavy (non-hydrogen) atoms. The van der Waals surface area contributed by atoms with E-state index < -0.39 is 29.0 Å². The van der Waals surface area contributed by atoms with Crippen LogP contribution in [0.15, 0.2) is 48.5 Å². The van der Waals surface area contributed by atoms with Gasteiger partial charge >= 0.3 is 0 Å². The van der Waals surface area contributed by atoms with Crippen LogP contribution in [-0.4, -0.2) is 69.9 Å². The molecule has 0 saturated carbocycles. The molecule has 9 heteroatoms. The second-order valence-corrected chi connectivity index (χ2v) is 10.3.